The SMILES string of the molecule is Cc1ccc(Cl)c(C)c1CC1(O)CC1. The van der Waals surface area contributed by atoms with Crippen LogP contribution in [0.5, 0.6) is 0 Å². The van der Waals surface area contributed by atoms with Crippen LogP contribution in [0.4, 0.5) is 0 Å². The summed E-state index contributed by atoms with van der Waals surface area (Å²) < 4.78 is 0. The summed E-state index contributed by atoms with van der Waals surface area (Å²) in [6.45, 7) is 4.10. The van der Waals surface area contributed by atoms with Crippen LogP contribution in [0.3, 0.4) is 0 Å². The molecule has 1 aliphatic carbocycles. The molecule has 1 aliphatic rings. The van der Waals surface area contributed by atoms with Gasteiger partial charge >= 0.3 is 0 Å². The molecule has 0 radical (unpaired) electrons. The van der Waals surface area contributed by atoms with Gasteiger partial charge in [0.25, 0.3) is 0 Å². The van der Waals surface area contributed by atoms with Gasteiger partial charge in [-0.05, 0) is 49.4 Å². The average Bonchev–Trinajstić information content (AvgIpc) is 2.86. The zero-order valence-electron chi connectivity index (χ0n) is 8.60. The van der Waals surface area contributed by atoms with Gasteiger partial charge in [-0.2, -0.15) is 0 Å². The van der Waals surface area contributed by atoms with Crippen molar-refractivity contribution in [1.82, 2.24) is 0 Å². The third kappa shape index (κ3) is 1.79. The first kappa shape index (κ1) is 10.0. The lowest BCUT2D eigenvalue weighted by Crippen LogP contribution is -2.13. The van der Waals surface area contributed by atoms with Crippen LogP contribution in [0, 0.1) is 13.8 Å². The third-order valence-corrected chi connectivity index (χ3v) is 3.51. The highest BCUT2D eigenvalue weighted by molar-refractivity contribution is 6.31. The van der Waals surface area contributed by atoms with Gasteiger partial charge in [-0.15, -0.1) is 0 Å². The molecule has 1 aromatic rings. The van der Waals surface area contributed by atoms with Gasteiger partial charge in [0.1, 0.15) is 0 Å². The summed E-state index contributed by atoms with van der Waals surface area (Å²) >= 11 is 6.05. The van der Waals surface area contributed by atoms with Gasteiger partial charge in [0.2, 0.25) is 0 Å². The molecule has 14 heavy (non-hydrogen) atoms. The second-order valence-electron chi connectivity index (χ2n) is 4.37. The largest absolute Gasteiger partial charge is 0.390 e. The van der Waals surface area contributed by atoms with E-state index in [0.29, 0.717) is 0 Å². The Bertz CT molecular complexity index is 367. The van der Waals surface area contributed by atoms with E-state index < -0.39 is 5.60 Å². The molecular formula is C12H15ClO. The Kier molecular flexibility index (Phi) is 2.32. The highest BCUT2D eigenvalue weighted by atomic mass is 35.5. The molecule has 76 valence electrons. The van der Waals surface area contributed by atoms with Gasteiger partial charge < -0.3 is 5.11 Å². The van der Waals surface area contributed by atoms with Gasteiger partial charge in [-0.25, -0.2) is 0 Å². The van der Waals surface area contributed by atoms with Crippen LogP contribution in [0.1, 0.15) is 29.5 Å². The summed E-state index contributed by atoms with van der Waals surface area (Å²) in [5.74, 6) is 0. The molecule has 0 aromatic heterocycles. The number of benzene rings is 1. The van der Waals surface area contributed by atoms with Crippen LogP contribution in [0.2, 0.25) is 5.02 Å². The van der Waals surface area contributed by atoms with Crippen molar-refractivity contribution in [3.8, 4) is 0 Å². The van der Waals surface area contributed by atoms with Crippen molar-refractivity contribution in [2.24, 2.45) is 0 Å². The molecular weight excluding hydrogens is 196 g/mol. The Morgan fingerprint density at radius 2 is 2.00 bits per heavy atom. The van der Waals surface area contributed by atoms with E-state index in [1.807, 2.05) is 19.1 Å². The van der Waals surface area contributed by atoms with E-state index >= 15 is 0 Å². The summed E-state index contributed by atoms with van der Waals surface area (Å²) in [4.78, 5) is 0. The topological polar surface area (TPSA) is 20.2 Å². The van der Waals surface area contributed by atoms with E-state index in [0.717, 1.165) is 29.8 Å². The molecule has 0 spiro atoms. The lowest BCUT2D eigenvalue weighted by Gasteiger charge is -2.14. The van der Waals surface area contributed by atoms with Crippen molar-refractivity contribution in [1.29, 1.82) is 0 Å². The Balaban J connectivity index is 2.35. The molecule has 2 heteroatoms. The molecule has 1 saturated carbocycles. The van der Waals surface area contributed by atoms with Crippen LogP contribution in [-0.4, -0.2) is 10.7 Å². The molecule has 1 nitrogen and oxygen atoms in total. The van der Waals surface area contributed by atoms with E-state index in [4.69, 9.17) is 11.6 Å². The van der Waals surface area contributed by atoms with Crippen molar-refractivity contribution < 1.29 is 5.11 Å². The fraction of sp³-hybridized carbons (Fsp3) is 0.500. The van der Waals surface area contributed by atoms with E-state index in [1.54, 1.807) is 0 Å². The minimum absolute atomic E-state index is 0.430. The van der Waals surface area contributed by atoms with Gasteiger partial charge in [-0.1, -0.05) is 17.7 Å². The molecule has 1 aromatic carbocycles. The Morgan fingerprint density at radius 1 is 1.36 bits per heavy atom. The summed E-state index contributed by atoms with van der Waals surface area (Å²) in [5.41, 5.74) is 3.14. The first-order valence-corrected chi connectivity index (χ1v) is 5.37. The van der Waals surface area contributed by atoms with Crippen LogP contribution >= 0.6 is 11.6 Å². The molecule has 0 aliphatic heterocycles. The van der Waals surface area contributed by atoms with Crippen molar-refractivity contribution >= 4 is 11.6 Å². The van der Waals surface area contributed by atoms with Gasteiger partial charge in [0.15, 0.2) is 0 Å². The number of halogens is 1. The Labute approximate surface area is 89.7 Å². The summed E-state index contributed by atoms with van der Waals surface area (Å²) in [6, 6.07) is 3.95. The van der Waals surface area contributed by atoms with E-state index in [2.05, 4.69) is 6.92 Å². The smallest absolute Gasteiger partial charge is 0.0690 e. The van der Waals surface area contributed by atoms with Crippen LogP contribution in [-0.2, 0) is 6.42 Å². The average molecular weight is 211 g/mol. The van der Waals surface area contributed by atoms with Crippen molar-refractivity contribution in [3.05, 3.63) is 33.8 Å². The van der Waals surface area contributed by atoms with Crippen molar-refractivity contribution in [2.75, 3.05) is 0 Å². The summed E-state index contributed by atoms with van der Waals surface area (Å²) in [7, 11) is 0. The molecule has 0 saturated heterocycles. The second-order valence-corrected chi connectivity index (χ2v) is 4.78. The molecule has 0 atom stereocenters. The normalized spacial score (nSPS) is 18.3. The van der Waals surface area contributed by atoms with Crippen molar-refractivity contribution in [3.63, 3.8) is 0 Å². The maximum atomic E-state index is 9.88. The molecule has 2 rings (SSSR count). The molecule has 1 N–H and O–H groups in total. The van der Waals surface area contributed by atoms with Crippen LogP contribution < -0.4 is 0 Å². The number of rotatable bonds is 2. The first-order valence-electron chi connectivity index (χ1n) is 4.99. The zero-order valence-corrected chi connectivity index (χ0v) is 9.36. The molecule has 1 fully saturated rings. The van der Waals surface area contributed by atoms with Gasteiger partial charge in [-0.3, -0.25) is 0 Å². The zero-order chi connectivity index (χ0) is 10.3. The van der Waals surface area contributed by atoms with Crippen LogP contribution in [0.15, 0.2) is 12.1 Å². The molecule has 0 bridgehead atoms. The van der Waals surface area contributed by atoms with Crippen molar-refractivity contribution in [2.45, 2.75) is 38.7 Å². The van der Waals surface area contributed by atoms with Gasteiger partial charge in [0, 0.05) is 11.4 Å². The van der Waals surface area contributed by atoms with E-state index in [-0.39, 0.29) is 0 Å². The quantitative estimate of drug-likeness (QED) is 0.796. The molecule has 0 amide bonds. The standard InChI is InChI=1S/C12H15ClO/c1-8-3-4-11(13)9(2)10(8)7-12(14)5-6-12/h3-4,14H,5-7H2,1-2H3. The second kappa shape index (κ2) is 3.25. The third-order valence-electron chi connectivity index (χ3n) is 3.10. The Morgan fingerprint density at radius 3 is 2.57 bits per heavy atom. The highest BCUT2D eigenvalue weighted by Gasteiger charge is 2.40. The maximum absolute atomic E-state index is 9.88. The predicted molar refractivity (Wildman–Crippen MR) is 58.8 cm³/mol. The van der Waals surface area contributed by atoms with E-state index in [9.17, 15) is 5.11 Å². The minimum atomic E-state index is -0.430. The summed E-state index contributed by atoms with van der Waals surface area (Å²) in [5, 5.41) is 10.7. The predicted octanol–water partition coefficient (Wildman–Crippen LogP) is 3.02. The fourth-order valence-electron chi connectivity index (χ4n) is 1.79. The lowest BCUT2D eigenvalue weighted by molar-refractivity contribution is 0.150. The van der Waals surface area contributed by atoms with Gasteiger partial charge in [0.05, 0.1) is 5.60 Å². The van der Waals surface area contributed by atoms with E-state index in [1.165, 1.54) is 11.1 Å². The maximum Gasteiger partial charge on any atom is 0.0690 e. The highest BCUT2D eigenvalue weighted by Crippen LogP contribution is 2.40. The number of aryl methyl sites for hydroxylation is 1. The number of hydrogen-bond donors (Lipinski definition) is 1. The summed E-state index contributed by atoms with van der Waals surface area (Å²) in [6.07, 6.45) is 2.61. The van der Waals surface area contributed by atoms with Crippen LogP contribution in [0.25, 0.3) is 0 Å². The Hall–Kier alpha value is -0.530. The number of hydrogen-bond acceptors (Lipinski definition) is 1. The minimum Gasteiger partial charge on any atom is -0.390 e. The lowest BCUT2D eigenvalue weighted by atomic mass is 9.96. The molecule has 0 unspecified atom stereocenters. The number of aliphatic hydroxyl groups is 1. The first-order chi connectivity index (χ1) is 6.52. The fourth-order valence-corrected chi connectivity index (χ4v) is 1.96. The monoisotopic (exact) mass is 210 g/mol. The molecule has 0 heterocycles.